The summed E-state index contributed by atoms with van der Waals surface area (Å²) < 4.78 is 30.4. The highest BCUT2D eigenvalue weighted by molar-refractivity contribution is 6.31. The summed E-state index contributed by atoms with van der Waals surface area (Å²) in [5, 5.41) is -0.281. The van der Waals surface area contributed by atoms with Gasteiger partial charge >= 0.3 is 5.97 Å². The Balaban J connectivity index is 3.40. The molecule has 1 rings (SSSR count). The number of esters is 1. The zero-order chi connectivity index (χ0) is 13.0. The Morgan fingerprint density at radius 3 is 2.71 bits per heavy atom. The van der Waals surface area contributed by atoms with Gasteiger partial charge in [0, 0.05) is 6.20 Å². The molecule has 0 atom stereocenters. The molecule has 0 N–H and O–H groups in total. The lowest BCUT2D eigenvalue weighted by Gasteiger charge is -2.12. The van der Waals surface area contributed by atoms with Gasteiger partial charge in [0.05, 0.1) is 34.3 Å². The van der Waals surface area contributed by atoms with Crippen LogP contribution >= 0.6 is 23.2 Å². The highest BCUT2D eigenvalue weighted by Crippen LogP contribution is 2.32. The van der Waals surface area contributed by atoms with Crippen LogP contribution in [0.25, 0.3) is 0 Å². The molecule has 0 radical (unpaired) electrons. The lowest BCUT2D eigenvalue weighted by Crippen LogP contribution is -2.13. The average molecular weight is 284 g/mol. The summed E-state index contributed by atoms with van der Waals surface area (Å²) in [5.41, 5.74) is -0.898. The standard InChI is InChI=1S/C10H9Cl2F2NO2/c1-2-17-10(16)8-6(3-11)15-4-5(12)7(8)9(13)14/h4,9H,2-3H2,1H3. The average Bonchev–Trinajstić information content (AvgIpc) is 2.28. The van der Waals surface area contributed by atoms with Crippen LogP contribution in [0.2, 0.25) is 5.02 Å². The van der Waals surface area contributed by atoms with E-state index in [2.05, 4.69) is 9.72 Å². The first-order valence-electron chi connectivity index (χ1n) is 4.71. The second kappa shape index (κ2) is 6.12. The molecule has 17 heavy (non-hydrogen) atoms. The smallest absolute Gasteiger partial charge is 0.340 e. The van der Waals surface area contributed by atoms with Gasteiger partial charge in [-0.25, -0.2) is 13.6 Å². The molecule has 0 aliphatic heterocycles. The number of nitrogens with zero attached hydrogens (tertiary/aromatic N) is 1. The highest BCUT2D eigenvalue weighted by atomic mass is 35.5. The van der Waals surface area contributed by atoms with Crippen molar-refractivity contribution in [3.8, 4) is 0 Å². The molecule has 1 aromatic rings. The number of ether oxygens (including phenoxy) is 1. The first-order chi connectivity index (χ1) is 8.02. The second-order valence-corrected chi connectivity index (χ2v) is 3.67. The van der Waals surface area contributed by atoms with Gasteiger partial charge in [0.25, 0.3) is 6.43 Å². The zero-order valence-corrected chi connectivity index (χ0v) is 10.4. The molecule has 0 aromatic carbocycles. The molecule has 0 spiro atoms. The minimum Gasteiger partial charge on any atom is -0.462 e. The summed E-state index contributed by atoms with van der Waals surface area (Å²) in [6.07, 6.45) is -1.85. The number of alkyl halides is 3. The van der Waals surface area contributed by atoms with Gasteiger partial charge in [-0.3, -0.25) is 4.98 Å². The summed E-state index contributed by atoms with van der Waals surface area (Å²) >= 11 is 11.2. The first kappa shape index (κ1) is 14.1. The molecule has 1 aromatic heterocycles. The molecular weight excluding hydrogens is 275 g/mol. The van der Waals surface area contributed by atoms with Crippen molar-refractivity contribution in [2.75, 3.05) is 6.61 Å². The Kier molecular flexibility index (Phi) is 5.08. The molecule has 1 heterocycles. The minimum atomic E-state index is -2.90. The molecule has 0 unspecified atom stereocenters. The van der Waals surface area contributed by atoms with Crippen molar-refractivity contribution >= 4 is 29.2 Å². The first-order valence-corrected chi connectivity index (χ1v) is 5.62. The molecule has 0 saturated carbocycles. The Morgan fingerprint density at radius 1 is 1.59 bits per heavy atom. The number of hydrogen-bond donors (Lipinski definition) is 0. The van der Waals surface area contributed by atoms with E-state index in [9.17, 15) is 13.6 Å². The lowest BCUT2D eigenvalue weighted by atomic mass is 10.1. The number of halogens is 4. The molecule has 7 heteroatoms. The maximum atomic E-state index is 12.8. The van der Waals surface area contributed by atoms with Gasteiger partial charge < -0.3 is 4.74 Å². The number of carbonyl (C=O) groups excluding carboxylic acids is 1. The van der Waals surface area contributed by atoms with Crippen LogP contribution in [-0.2, 0) is 10.6 Å². The van der Waals surface area contributed by atoms with Gasteiger partial charge in [0.2, 0.25) is 0 Å². The predicted octanol–water partition coefficient (Wildman–Crippen LogP) is 3.59. The van der Waals surface area contributed by atoms with Gasteiger partial charge in [0.15, 0.2) is 0 Å². The van der Waals surface area contributed by atoms with E-state index >= 15 is 0 Å². The zero-order valence-electron chi connectivity index (χ0n) is 8.84. The van der Waals surface area contributed by atoms with Crippen LogP contribution in [0.4, 0.5) is 8.78 Å². The van der Waals surface area contributed by atoms with Crippen LogP contribution in [0, 0.1) is 0 Å². The van der Waals surface area contributed by atoms with E-state index in [0.29, 0.717) is 0 Å². The maximum absolute atomic E-state index is 12.8. The Labute approximate surface area is 107 Å². The normalized spacial score (nSPS) is 10.7. The van der Waals surface area contributed by atoms with E-state index in [-0.39, 0.29) is 28.8 Å². The quantitative estimate of drug-likeness (QED) is 0.626. The topological polar surface area (TPSA) is 39.2 Å². The van der Waals surface area contributed by atoms with Crippen molar-refractivity contribution in [1.82, 2.24) is 4.98 Å². The Bertz CT molecular complexity index is 427. The third-order valence-corrected chi connectivity index (χ3v) is 2.53. The SMILES string of the molecule is CCOC(=O)c1c(CCl)ncc(Cl)c1C(F)F. The molecule has 94 valence electrons. The fourth-order valence-electron chi connectivity index (χ4n) is 1.29. The molecule has 0 aliphatic rings. The van der Waals surface area contributed by atoms with Crippen molar-refractivity contribution in [1.29, 1.82) is 0 Å². The summed E-state index contributed by atoms with van der Waals surface area (Å²) in [6, 6.07) is 0. The van der Waals surface area contributed by atoms with Gasteiger partial charge in [0.1, 0.15) is 0 Å². The van der Waals surface area contributed by atoms with Gasteiger partial charge in [-0.1, -0.05) is 11.6 Å². The van der Waals surface area contributed by atoms with E-state index in [1.165, 1.54) is 0 Å². The number of pyridine rings is 1. The summed E-state index contributed by atoms with van der Waals surface area (Å²) in [7, 11) is 0. The number of hydrogen-bond acceptors (Lipinski definition) is 3. The molecule has 0 amide bonds. The van der Waals surface area contributed by atoms with E-state index in [1.54, 1.807) is 6.92 Å². The monoisotopic (exact) mass is 283 g/mol. The molecule has 3 nitrogen and oxygen atoms in total. The van der Waals surface area contributed by atoms with Crippen LogP contribution in [0.5, 0.6) is 0 Å². The molecule has 0 bridgehead atoms. The van der Waals surface area contributed by atoms with Crippen LogP contribution in [0.3, 0.4) is 0 Å². The molecule has 0 saturated heterocycles. The third kappa shape index (κ3) is 3.04. The van der Waals surface area contributed by atoms with Crippen LogP contribution in [0.1, 0.15) is 35.0 Å². The van der Waals surface area contributed by atoms with Crippen LogP contribution in [0.15, 0.2) is 6.20 Å². The van der Waals surface area contributed by atoms with E-state index in [1.807, 2.05) is 0 Å². The minimum absolute atomic E-state index is 0.0322. The van der Waals surface area contributed by atoms with Crippen molar-refractivity contribution in [3.63, 3.8) is 0 Å². The van der Waals surface area contributed by atoms with Crippen molar-refractivity contribution in [2.45, 2.75) is 19.2 Å². The Morgan fingerprint density at radius 2 is 2.24 bits per heavy atom. The number of aromatic nitrogens is 1. The Hall–Kier alpha value is -0.940. The van der Waals surface area contributed by atoms with Gasteiger partial charge in [-0.15, -0.1) is 11.6 Å². The van der Waals surface area contributed by atoms with Crippen molar-refractivity contribution in [3.05, 3.63) is 28.0 Å². The number of rotatable bonds is 4. The van der Waals surface area contributed by atoms with Gasteiger partial charge in [-0.2, -0.15) is 0 Å². The fourth-order valence-corrected chi connectivity index (χ4v) is 1.72. The summed E-state index contributed by atoms with van der Waals surface area (Å²) in [4.78, 5) is 15.3. The van der Waals surface area contributed by atoms with Crippen LogP contribution in [-0.4, -0.2) is 17.6 Å². The summed E-state index contributed by atoms with van der Waals surface area (Å²) in [5.74, 6) is -1.07. The van der Waals surface area contributed by atoms with Crippen LogP contribution < -0.4 is 0 Å². The van der Waals surface area contributed by atoms with E-state index in [4.69, 9.17) is 23.2 Å². The molecule has 0 fully saturated rings. The summed E-state index contributed by atoms with van der Waals surface area (Å²) in [6.45, 7) is 1.63. The van der Waals surface area contributed by atoms with Gasteiger partial charge in [-0.05, 0) is 6.92 Å². The maximum Gasteiger partial charge on any atom is 0.340 e. The molecular formula is C10H9Cl2F2NO2. The lowest BCUT2D eigenvalue weighted by molar-refractivity contribution is 0.0513. The highest BCUT2D eigenvalue weighted by Gasteiger charge is 2.26. The predicted molar refractivity (Wildman–Crippen MR) is 59.7 cm³/mol. The third-order valence-electron chi connectivity index (χ3n) is 1.97. The fraction of sp³-hybridized carbons (Fsp3) is 0.400. The molecule has 0 aliphatic carbocycles. The second-order valence-electron chi connectivity index (χ2n) is 3.00. The van der Waals surface area contributed by atoms with Crippen molar-refractivity contribution < 1.29 is 18.3 Å². The van der Waals surface area contributed by atoms with Crippen molar-refractivity contribution in [2.24, 2.45) is 0 Å². The van der Waals surface area contributed by atoms with E-state index < -0.39 is 18.0 Å². The number of carbonyl (C=O) groups is 1. The largest absolute Gasteiger partial charge is 0.462 e. The van der Waals surface area contributed by atoms with E-state index in [0.717, 1.165) is 6.20 Å².